The molecule has 21 heavy (non-hydrogen) atoms. The summed E-state index contributed by atoms with van der Waals surface area (Å²) in [4.78, 5) is 2.67. The predicted octanol–water partition coefficient (Wildman–Crippen LogP) is 4.22. The minimum absolute atomic E-state index is 0.158. The lowest BCUT2D eigenvalue weighted by Gasteiger charge is -2.43. The molecule has 0 aliphatic carbocycles. The molecule has 2 rings (SSSR count). The molecule has 1 fully saturated rings. The van der Waals surface area contributed by atoms with Crippen LogP contribution in [0.5, 0.6) is 0 Å². The molecule has 0 saturated carbocycles. The van der Waals surface area contributed by atoms with Crippen LogP contribution in [0.2, 0.25) is 0 Å². The highest BCUT2D eigenvalue weighted by Gasteiger charge is 2.37. The van der Waals surface area contributed by atoms with Crippen molar-refractivity contribution >= 4 is 0 Å². The monoisotopic (exact) mass is 288 g/mol. The van der Waals surface area contributed by atoms with Crippen LogP contribution in [-0.4, -0.2) is 30.1 Å². The minimum Gasteiger partial charge on any atom is -0.308 e. The van der Waals surface area contributed by atoms with E-state index in [0.717, 1.165) is 6.54 Å². The molecule has 0 aromatic heterocycles. The number of hydrogen-bond donors (Lipinski definition) is 1. The number of hydrogen-bond acceptors (Lipinski definition) is 2. The number of benzene rings is 1. The molecule has 1 aromatic rings. The molecular formula is C19H32N2. The van der Waals surface area contributed by atoms with Gasteiger partial charge in [-0.25, -0.2) is 0 Å². The van der Waals surface area contributed by atoms with Crippen LogP contribution in [0.4, 0.5) is 0 Å². The van der Waals surface area contributed by atoms with Gasteiger partial charge in [-0.05, 0) is 77.7 Å². The molecule has 1 saturated heterocycles. The van der Waals surface area contributed by atoms with Gasteiger partial charge in [-0.15, -0.1) is 0 Å². The van der Waals surface area contributed by atoms with E-state index in [2.05, 4.69) is 63.0 Å². The molecule has 1 aliphatic rings. The van der Waals surface area contributed by atoms with Crippen molar-refractivity contribution in [2.24, 2.45) is 0 Å². The Morgan fingerprint density at radius 3 is 2.43 bits per heavy atom. The van der Waals surface area contributed by atoms with Crippen LogP contribution in [0.25, 0.3) is 0 Å². The Hall–Kier alpha value is -0.860. The summed E-state index contributed by atoms with van der Waals surface area (Å²) in [5, 5.41) is 3.82. The van der Waals surface area contributed by atoms with Crippen LogP contribution < -0.4 is 5.32 Å². The first-order valence-electron chi connectivity index (χ1n) is 8.52. The van der Waals surface area contributed by atoms with E-state index in [0.29, 0.717) is 6.04 Å². The Morgan fingerprint density at radius 2 is 1.86 bits per heavy atom. The molecule has 1 aliphatic heterocycles. The highest BCUT2D eigenvalue weighted by Crippen LogP contribution is 2.35. The van der Waals surface area contributed by atoms with Crippen molar-refractivity contribution in [3.05, 3.63) is 34.9 Å². The second-order valence-corrected chi connectivity index (χ2v) is 7.09. The highest BCUT2D eigenvalue weighted by molar-refractivity contribution is 5.34. The van der Waals surface area contributed by atoms with Gasteiger partial charge in [0.1, 0.15) is 0 Å². The van der Waals surface area contributed by atoms with Crippen LogP contribution in [0.3, 0.4) is 0 Å². The van der Waals surface area contributed by atoms with Gasteiger partial charge in [0.05, 0.1) is 6.04 Å². The van der Waals surface area contributed by atoms with E-state index in [-0.39, 0.29) is 5.54 Å². The van der Waals surface area contributed by atoms with Gasteiger partial charge in [-0.1, -0.05) is 30.7 Å². The average Bonchev–Trinajstić information content (AvgIpc) is 2.95. The Morgan fingerprint density at radius 1 is 1.19 bits per heavy atom. The van der Waals surface area contributed by atoms with E-state index >= 15 is 0 Å². The van der Waals surface area contributed by atoms with Crippen LogP contribution in [0.1, 0.15) is 62.8 Å². The summed E-state index contributed by atoms with van der Waals surface area (Å²) in [6.07, 6.45) is 3.87. The molecule has 1 atom stereocenters. The zero-order valence-electron chi connectivity index (χ0n) is 14.5. The standard InChI is InChI=1S/C19H32N2/c1-6-11-20-18(17-10-9-15(2)14-16(17)3)19(4,5)21-12-7-8-13-21/h9-10,14,18,20H,6-8,11-13H2,1-5H3. The zero-order valence-corrected chi connectivity index (χ0v) is 14.5. The minimum atomic E-state index is 0.158. The molecule has 118 valence electrons. The lowest BCUT2D eigenvalue weighted by Crippen LogP contribution is -2.51. The zero-order chi connectivity index (χ0) is 15.5. The van der Waals surface area contributed by atoms with Gasteiger partial charge in [-0.2, -0.15) is 0 Å². The molecule has 1 N–H and O–H groups in total. The van der Waals surface area contributed by atoms with E-state index in [9.17, 15) is 0 Å². The normalized spacial score (nSPS) is 18.1. The van der Waals surface area contributed by atoms with Gasteiger partial charge in [0.25, 0.3) is 0 Å². The van der Waals surface area contributed by atoms with E-state index in [1.54, 1.807) is 0 Å². The Kier molecular flexibility index (Phi) is 5.45. The first-order chi connectivity index (χ1) is 9.96. The second kappa shape index (κ2) is 6.93. The molecule has 0 spiro atoms. The van der Waals surface area contributed by atoms with E-state index < -0.39 is 0 Å². The predicted molar refractivity (Wildman–Crippen MR) is 91.8 cm³/mol. The van der Waals surface area contributed by atoms with E-state index in [1.165, 1.54) is 49.0 Å². The van der Waals surface area contributed by atoms with Crippen molar-refractivity contribution in [2.45, 2.75) is 65.5 Å². The maximum Gasteiger partial charge on any atom is 0.0504 e. The summed E-state index contributed by atoms with van der Waals surface area (Å²) >= 11 is 0. The van der Waals surface area contributed by atoms with Crippen LogP contribution >= 0.6 is 0 Å². The van der Waals surface area contributed by atoms with Gasteiger partial charge in [-0.3, -0.25) is 4.90 Å². The van der Waals surface area contributed by atoms with Gasteiger partial charge in [0.15, 0.2) is 0 Å². The summed E-state index contributed by atoms with van der Waals surface area (Å²) < 4.78 is 0. The van der Waals surface area contributed by atoms with E-state index in [1.807, 2.05) is 0 Å². The number of aryl methyl sites for hydroxylation is 2. The first-order valence-corrected chi connectivity index (χ1v) is 8.52. The molecule has 1 heterocycles. The van der Waals surface area contributed by atoms with Crippen LogP contribution in [-0.2, 0) is 0 Å². The highest BCUT2D eigenvalue weighted by atomic mass is 15.2. The summed E-state index contributed by atoms with van der Waals surface area (Å²) in [5.41, 5.74) is 4.39. The molecule has 1 aromatic carbocycles. The van der Waals surface area contributed by atoms with E-state index in [4.69, 9.17) is 0 Å². The fraction of sp³-hybridized carbons (Fsp3) is 0.684. The average molecular weight is 288 g/mol. The quantitative estimate of drug-likeness (QED) is 0.843. The fourth-order valence-corrected chi connectivity index (χ4v) is 3.65. The third-order valence-electron chi connectivity index (χ3n) is 4.96. The SMILES string of the molecule is CCCNC(c1ccc(C)cc1C)C(C)(C)N1CCCC1. The summed E-state index contributed by atoms with van der Waals surface area (Å²) in [6, 6.07) is 7.30. The summed E-state index contributed by atoms with van der Waals surface area (Å²) in [7, 11) is 0. The summed E-state index contributed by atoms with van der Waals surface area (Å²) in [6.45, 7) is 15.0. The molecule has 2 nitrogen and oxygen atoms in total. The molecule has 2 heteroatoms. The molecular weight excluding hydrogens is 256 g/mol. The Labute approximate surface area is 130 Å². The lowest BCUT2D eigenvalue weighted by atomic mass is 9.84. The second-order valence-electron chi connectivity index (χ2n) is 7.09. The lowest BCUT2D eigenvalue weighted by molar-refractivity contribution is 0.106. The number of likely N-dealkylation sites (tertiary alicyclic amines) is 1. The van der Waals surface area contributed by atoms with Crippen LogP contribution in [0, 0.1) is 13.8 Å². The number of rotatable bonds is 6. The Balaban J connectivity index is 2.32. The number of nitrogens with one attached hydrogen (secondary N) is 1. The largest absolute Gasteiger partial charge is 0.308 e. The van der Waals surface area contributed by atoms with Crippen molar-refractivity contribution in [2.75, 3.05) is 19.6 Å². The van der Waals surface area contributed by atoms with Crippen LogP contribution in [0.15, 0.2) is 18.2 Å². The van der Waals surface area contributed by atoms with Gasteiger partial charge < -0.3 is 5.32 Å². The maximum atomic E-state index is 3.82. The van der Waals surface area contributed by atoms with Crippen molar-refractivity contribution < 1.29 is 0 Å². The van der Waals surface area contributed by atoms with Crippen molar-refractivity contribution in [3.63, 3.8) is 0 Å². The smallest absolute Gasteiger partial charge is 0.0504 e. The Bertz CT molecular complexity index is 459. The van der Waals surface area contributed by atoms with Crippen molar-refractivity contribution in [3.8, 4) is 0 Å². The summed E-state index contributed by atoms with van der Waals surface area (Å²) in [5.74, 6) is 0. The first kappa shape index (κ1) is 16.5. The van der Waals surface area contributed by atoms with Crippen molar-refractivity contribution in [1.29, 1.82) is 0 Å². The van der Waals surface area contributed by atoms with Gasteiger partial charge >= 0.3 is 0 Å². The third-order valence-corrected chi connectivity index (χ3v) is 4.96. The third kappa shape index (κ3) is 3.67. The van der Waals surface area contributed by atoms with Gasteiger partial charge in [0.2, 0.25) is 0 Å². The molecule has 0 radical (unpaired) electrons. The maximum absolute atomic E-state index is 3.82. The van der Waals surface area contributed by atoms with Gasteiger partial charge in [0, 0.05) is 5.54 Å². The molecule has 0 amide bonds. The topological polar surface area (TPSA) is 15.3 Å². The molecule has 0 bridgehead atoms. The number of nitrogens with zero attached hydrogens (tertiary/aromatic N) is 1. The molecule has 1 unspecified atom stereocenters. The fourth-order valence-electron chi connectivity index (χ4n) is 3.65. The van der Waals surface area contributed by atoms with Crippen molar-refractivity contribution in [1.82, 2.24) is 10.2 Å².